The molecular formula is C20H26OS. The monoisotopic (exact) mass is 314 g/mol. The van der Waals surface area contributed by atoms with Crippen LogP contribution in [0.1, 0.15) is 51.8 Å². The van der Waals surface area contributed by atoms with Gasteiger partial charge in [-0.25, -0.2) is 0 Å². The topological polar surface area (TPSA) is 17.1 Å². The van der Waals surface area contributed by atoms with Gasteiger partial charge in [-0.1, -0.05) is 51.5 Å². The molecule has 1 aromatic rings. The summed E-state index contributed by atoms with van der Waals surface area (Å²) < 4.78 is 0. The van der Waals surface area contributed by atoms with Crippen molar-refractivity contribution in [1.29, 1.82) is 0 Å². The van der Waals surface area contributed by atoms with Gasteiger partial charge in [0.1, 0.15) is 6.29 Å². The van der Waals surface area contributed by atoms with Crippen LogP contribution in [0.3, 0.4) is 0 Å². The van der Waals surface area contributed by atoms with E-state index in [2.05, 4.69) is 57.4 Å². The Balaban J connectivity index is 1.99. The first-order chi connectivity index (χ1) is 10.3. The summed E-state index contributed by atoms with van der Waals surface area (Å²) in [5, 5.41) is 2.10. The first-order valence-electron chi connectivity index (χ1n) is 8.20. The van der Waals surface area contributed by atoms with Crippen LogP contribution >= 0.6 is 11.3 Å². The van der Waals surface area contributed by atoms with Gasteiger partial charge in [-0.2, -0.15) is 0 Å². The number of carbonyl (C=O) groups excluding carboxylic acids is 1. The Morgan fingerprint density at radius 3 is 2.55 bits per heavy atom. The maximum atomic E-state index is 12.0. The largest absolute Gasteiger partial charge is 0.302 e. The lowest BCUT2D eigenvalue weighted by Crippen LogP contribution is -2.37. The SMILES string of the molecule is CC1(C)CCC(C)(C)C2=C1C=CC(C=O)(Cc1cccs1)C2. The summed E-state index contributed by atoms with van der Waals surface area (Å²) >= 11 is 1.75. The highest BCUT2D eigenvalue weighted by atomic mass is 32.1. The zero-order valence-electron chi connectivity index (χ0n) is 14.1. The van der Waals surface area contributed by atoms with E-state index in [1.165, 1.54) is 35.2 Å². The Hall–Kier alpha value is -1.15. The summed E-state index contributed by atoms with van der Waals surface area (Å²) in [6.45, 7) is 9.37. The summed E-state index contributed by atoms with van der Waals surface area (Å²) in [6, 6.07) is 4.22. The molecule has 22 heavy (non-hydrogen) atoms. The van der Waals surface area contributed by atoms with Crippen LogP contribution in [0.15, 0.2) is 40.8 Å². The van der Waals surface area contributed by atoms with Crippen molar-refractivity contribution in [1.82, 2.24) is 0 Å². The van der Waals surface area contributed by atoms with Crippen molar-refractivity contribution in [2.45, 2.75) is 53.4 Å². The molecule has 1 unspecified atom stereocenters. The summed E-state index contributed by atoms with van der Waals surface area (Å²) in [7, 11) is 0. The van der Waals surface area contributed by atoms with Gasteiger partial charge in [0, 0.05) is 4.88 Å². The van der Waals surface area contributed by atoms with Crippen LogP contribution in [-0.4, -0.2) is 6.29 Å². The Bertz CT molecular complexity index is 631. The van der Waals surface area contributed by atoms with Crippen LogP contribution in [0.2, 0.25) is 0 Å². The standard InChI is InChI=1S/C20H26OS/c1-18(2)9-10-19(3,4)17-13-20(14-21,8-7-16(17)18)12-15-6-5-11-22-15/h5-8,11,14H,9-10,12-13H2,1-4H3. The van der Waals surface area contributed by atoms with E-state index in [1.807, 2.05) is 0 Å². The number of aldehydes is 1. The molecule has 0 saturated heterocycles. The second-order valence-corrected chi connectivity index (χ2v) is 9.31. The van der Waals surface area contributed by atoms with Gasteiger partial charge in [-0.05, 0) is 53.5 Å². The number of allylic oxidation sites excluding steroid dienone is 4. The zero-order chi connectivity index (χ0) is 16.0. The van der Waals surface area contributed by atoms with Gasteiger partial charge >= 0.3 is 0 Å². The summed E-state index contributed by atoms with van der Waals surface area (Å²) in [5.74, 6) is 0. The van der Waals surface area contributed by atoms with Gasteiger partial charge in [0.25, 0.3) is 0 Å². The molecule has 0 radical (unpaired) electrons. The Morgan fingerprint density at radius 2 is 1.91 bits per heavy atom. The number of hydrogen-bond acceptors (Lipinski definition) is 2. The molecular weight excluding hydrogens is 288 g/mol. The molecule has 0 fully saturated rings. The van der Waals surface area contributed by atoms with Crippen LogP contribution < -0.4 is 0 Å². The Labute approximate surface area is 138 Å². The Kier molecular flexibility index (Phi) is 3.71. The highest BCUT2D eigenvalue weighted by Crippen LogP contribution is 2.55. The fourth-order valence-electron chi connectivity index (χ4n) is 3.96. The first kappa shape index (κ1) is 15.7. The molecule has 0 N–H and O–H groups in total. The van der Waals surface area contributed by atoms with E-state index in [1.54, 1.807) is 11.3 Å². The molecule has 0 saturated carbocycles. The van der Waals surface area contributed by atoms with E-state index in [0.717, 1.165) is 12.8 Å². The summed E-state index contributed by atoms with van der Waals surface area (Å²) in [5.41, 5.74) is 3.08. The smallest absolute Gasteiger partial charge is 0.130 e. The predicted molar refractivity (Wildman–Crippen MR) is 94.1 cm³/mol. The first-order valence-corrected chi connectivity index (χ1v) is 9.08. The molecule has 3 rings (SSSR count). The summed E-state index contributed by atoms with van der Waals surface area (Å²) in [4.78, 5) is 13.3. The predicted octanol–water partition coefficient (Wildman–Crippen LogP) is 5.58. The van der Waals surface area contributed by atoms with Crippen molar-refractivity contribution >= 4 is 17.6 Å². The molecule has 2 aliphatic rings. The minimum absolute atomic E-state index is 0.208. The number of carbonyl (C=O) groups is 1. The van der Waals surface area contributed by atoms with Gasteiger partial charge in [-0.3, -0.25) is 0 Å². The van der Waals surface area contributed by atoms with E-state index >= 15 is 0 Å². The van der Waals surface area contributed by atoms with Crippen molar-refractivity contribution in [3.8, 4) is 0 Å². The molecule has 0 aromatic carbocycles. The molecule has 0 amide bonds. The quantitative estimate of drug-likeness (QED) is 0.666. The fraction of sp³-hybridized carbons (Fsp3) is 0.550. The van der Waals surface area contributed by atoms with E-state index in [4.69, 9.17) is 0 Å². The van der Waals surface area contributed by atoms with Crippen molar-refractivity contribution in [3.05, 3.63) is 45.7 Å². The van der Waals surface area contributed by atoms with E-state index in [-0.39, 0.29) is 16.2 Å². The van der Waals surface area contributed by atoms with Crippen LogP contribution in [0.5, 0.6) is 0 Å². The van der Waals surface area contributed by atoms with Crippen LogP contribution in [0.4, 0.5) is 0 Å². The van der Waals surface area contributed by atoms with Gasteiger partial charge < -0.3 is 4.79 Å². The lowest BCUT2D eigenvalue weighted by Gasteiger charge is -2.47. The lowest BCUT2D eigenvalue weighted by atomic mass is 9.57. The van der Waals surface area contributed by atoms with Gasteiger partial charge in [0.15, 0.2) is 0 Å². The number of thiophene rings is 1. The van der Waals surface area contributed by atoms with Crippen LogP contribution in [0, 0.1) is 16.2 Å². The summed E-state index contributed by atoms with van der Waals surface area (Å²) in [6.07, 6.45) is 9.78. The highest BCUT2D eigenvalue weighted by Gasteiger charge is 2.44. The molecule has 2 aliphatic carbocycles. The van der Waals surface area contributed by atoms with Gasteiger partial charge in [0.05, 0.1) is 5.41 Å². The maximum Gasteiger partial charge on any atom is 0.130 e. The lowest BCUT2D eigenvalue weighted by molar-refractivity contribution is -0.114. The molecule has 1 heterocycles. The Morgan fingerprint density at radius 1 is 1.18 bits per heavy atom. The molecule has 2 heteroatoms. The van der Waals surface area contributed by atoms with Crippen molar-refractivity contribution in [2.75, 3.05) is 0 Å². The third-order valence-corrected chi connectivity index (χ3v) is 6.53. The van der Waals surface area contributed by atoms with Crippen LogP contribution in [0.25, 0.3) is 0 Å². The zero-order valence-corrected chi connectivity index (χ0v) is 14.9. The third-order valence-electron chi connectivity index (χ3n) is 5.65. The molecule has 0 aliphatic heterocycles. The normalized spacial score (nSPS) is 29.3. The minimum atomic E-state index is -0.353. The van der Waals surface area contributed by atoms with E-state index in [0.29, 0.717) is 0 Å². The average Bonchev–Trinajstić information content (AvgIpc) is 2.97. The van der Waals surface area contributed by atoms with Gasteiger partial charge in [0.2, 0.25) is 0 Å². The third kappa shape index (κ3) is 2.62. The van der Waals surface area contributed by atoms with Crippen LogP contribution in [-0.2, 0) is 11.2 Å². The van der Waals surface area contributed by atoms with E-state index in [9.17, 15) is 4.79 Å². The molecule has 0 spiro atoms. The molecule has 1 nitrogen and oxygen atoms in total. The molecule has 118 valence electrons. The number of hydrogen-bond donors (Lipinski definition) is 0. The fourth-order valence-corrected chi connectivity index (χ4v) is 4.80. The average molecular weight is 314 g/mol. The highest BCUT2D eigenvalue weighted by molar-refractivity contribution is 7.09. The van der Waals surface area contributed by atoms with Crippen molar-refractivity contribution < 1.29 is 4.79 Å². The minimum Gasteiger partial charge on any atom is -0.302 e. The second kappa shape index (κ2) is 5.19. The molecule has 0 bridgehead atoms. The van der Waals surface area contributed by atoms with Crippen molar-refractivity contribution in [3.63, 3.8) is 0 Å². The maximum absolute atomic E-state index is 12.0. The second-order valence-electron chi connectivity index (χ2n) is 8.28. The number of rotatable bonds is 3. The molecule has 1 aromatic heterocycles. The van der Waals surface area contributed by atoms with E-state index < -0.39 is 0 Å². The van der Waals surface area contributed by atoms with Gasteiger partial charge in [-0.15, -0.1) is 11.3 Å². The van der Waals surface area contributed by atoms with Crippen molar-refractivity contribution in [2.24, 2.45) is 16.2 Å². The molecule has 1 atom stereocenters.